The monoisotopic (exact) mass is 224 g/mol. The van der Waals surface area contributed by atoms with Gasteiger partial charge in [-0.3, -0.25) is 0 Å². The van der Waals surface area contributed by atoms with Gasteiger partial charge in [-0.25, -0.2) is 4.39 Å². The molecule has 0 saturated heterocycles. The van der Waals surface area contributed by atoms with Crippen LogP contribution in [0.4, 0.5) is 4.39 Å². The van der Waals surface area contributed by atoms with Crippen LogP contribution >= 0.6 is 0 Å². The third-order valence-corrected chi connectivity index (χ3v) is 3.29. The molecule has 1 aliphatic rings. The molecular weight excluding hydrogens is 207 g/mol. The zero-order chi connectivity index (χ0) is 11.5. The molecule has 0 bridgehead atoms. The first-order valence-electron chi connectivity index (χ1n) is 5.72. The van der Waals surface area contributed by atoms with Gasteiger partial charge < -0.3 is 9.84 Å². The van der Waals surface area contributed by atoms with Crippen molar-refractivity contribution in [3.05, 3.63) is 29.6 Å². The van der Waals surface area contributed by atoms with E-state index in [9.17, 15) is 9.50 Å². The molecule has 1 fully saturated rings. The fourth-order valence-corrected chi connectivity index (χ4v) is 2.40. The van der Waals surface area contributed by atoms with Crippen molar-refractivity contribution < 1.29 is 14.2 Å². The molecule has 2 unspecified atom stereocenters. The minimum absolute atomic E-state index is 0.232. The summed E-state index contributed by atoms with van der Waals surface area (Å²) in [7, 11) is 1.46. The van der Waals surface area contributed by atoms with E-state index in [0.717, 1.165) is 31.2 Å². The number of rotatable bonds is 2. The zero-order valence-corrected chi connectivity index (χ0v) is 9.45. The largest absolute Gasteiger partial charge is 0.494 e. The average Bonchev–Trinajstić information content (AvgIpc) is 2.29. The highest BCUT2D eigenvalue weighted by Gasteiger charge is 2.22. The lowest BCUT2D eigenvalue weighted by Gasteiger charge is -2.26. The van der Waals surface area contributed by atoms with E-state index >= 15 is 0 Å². The van der Waals surface area contributed by atoms with Gasteiger partial charge >= 0.3 is 0 Å². The summed E-state index contributed by atoms with van der Waals surface area (Å²) in [4.78, 5) is 0. The number of halogens is 1. The van der Waals surface area contributed by atoms with Crippen molar-refractivity contribution in [2.45, 2.75) is 37.7 Å². The van der Waals surface area contributed by atoms with Gasteiger partial charge in [-0.05, 0) is 42.9 Å². The third-order valence-electron chi connectivity index (χ3n) is 3.29. The van der Waals surface area contributed by atoms with E-state index < -0.39 is 0 Å². The molecule has 16 heavy (non-hydrogen) atoms. The van der Waals surface area contributed by atoms with E-state index in [4.69, 9.17) is 4.74 Å². The fraction of sp³-hybridized carbons (Fsp3) is 0.538. The molecule has 1 aromatic carbocycles. The quantitative estimate of drug-likeness (QED) is 0.837. The van der Waals surface area contributed by atoms with Crippen LogP contribution in [0, 0.1) is 5.82 Å². The molecule has 2 nitrogen and oxygen atoms in total. The summed E-state index contributed by atoms with van der Waals surface area (Å²) in [6, 6.07) is 5.08. The van der Waals surface area contributed by atoms with Gasteiger partial charge in [0.15, 0.2) is 11.6 Å². The molecule has 1 N–H and O–H groups in total. The standard InChI is InChI=1S/C13H17FO2/c1-16-13-6-5-10(8-12(13)14)9-3-2-4-11(15)7-9/h5-6,8-9,11,15H,2-4,7H2,1H3. The van der Waals surface area contributed by atoms with Gasteiger partial charge in [-0.1, -0.05) is 12.5 Å². The first kappa shape index (κ1) is 11.4. The normalized spacial score (nSPS) is 25.4. The van der Waals surface area contributed by atoms with Crippen LogP contribution in [-0.4, -0.2) is 18.3 Å². The Morgan fingerprint density at radius 2 is 2.19 bits per heavy atom. The molecule has 0 aliphatic heterocycles. The second-order valence-electron chi connectivity index (χ2n) is 4.41. The lowest BCUT2D eigenvalue weighted by molar-refractivity contribution is 0.119. The fourth-order valence-electron chi connectivity index (χ4n) is 2.40. The first-order valence-corrected chi connectivity index (χ1v) is 5.72. The summed E-state index contributed by atoms with van der Waals surface area (Å²) in [6.07, 6.45) is 3.42. The van der Waals surface area contributed by atoms with E-state index in [2.05, 4.69) is 0 Å². The Labute approximate surface area is 95.1 Å². The van der Waals surface area contributed by atoms with Crippen molar-refractivity contribution in [3.63, 3.8) is 0 Å². The molecule has 0 amide bonds. The number of ether oxygens (including phenoxy) is 1. The van der Waals surface area contributed by atoms with Gasteiger partial charge in [0.25, 0.3) is 0 Å². The van der Waals surface area contributed by atoms with Gasteiger partial charge in [0.1, 0.15) is 0 Å². The van der Waals surface area contributed by atoms with Crippen molar-refractivity contribution >= 4 is 0 Å². The lowest BCUT2D eigenvalue weighted by atomic mass is 9.82. The second-order valence-corrected chi connectivity index (χ2v) is 4.41. The van der Waals surface area contributed by atoms with Crippen LogP contribution in [0.15, 0.2) is 18.2 Å². The maximum absolute atomic E-state index is 13.5. The SMILES string of the molecule is COc1ccc(C2CCCC(O)C2)cc1F. The highest BCUT2D eigenvalue weighted by Crippen LogP contribution is 2.34. The van der Waals surface area contributed by atoms with E-state index in [1.165, 1.54) is 13.2 Å². The first-order chi connectivity index (χ1) is 7.70. The molecule has 1 saturated carbocycles. The summed E-state index contributed by atoms with van der Waals surface area (Å²) in [5.74, 6) is 0.240. The van der Waals surface area contributed by atoms with Gasteiger partial charge in [0.05, 0.1) is 13.2 Å². The molecule has 0 spiro atoms. The Morgan fingerprint density at radius 1 is 1.38 bits per heavy atom. The van der Waals surface area contributed by atoms with Crippen LogP contribution in [0.1, 0.15) is 37.2 Å². The van der Waals surface area contributed by atoms with E-state index in [1.807, 2.05) is 6.07 Å². The number of methoxy groups -OCH3 is 1. The summed E-state index contributed by atoms with van der Waals surface area (Å²) in [5.41, 5.74) is 0.969. The van der Waals surface area contributed by atoms with Crippen LogP contribution in [0.2, 0.25) is 0 Å². The number of benzene rings is 1. The van der Waals surface area contributed by atoms with E-state index in [1.54, 1.807) is 6.07 Å². The number of hydrogen-bond acceptors (Lipinski definition) is 2. The van der Waals surface area contributed by atoms with E-state index in [-0.39, 0.29) is 23.6 Å². The van der Waals surface area contributed by atoms with Gasteiger partial charge in [-0.2, -0.15) is 0 Å². The maximum atomic E-state index is 13.5. The average molecular weight is 224 g/mol. The lowest BCUT2D eigenvalue weighted by Crippen LogP contribution is -2.18. The van der Waals surface area contributed by atoms with Gasteiger partial charge in [0, 0.05) is 0 Å². The highest BCUT2D eigenvalue weighted by atomic mass is 19.1. The highest BCUT2D eigenvalue weighted by molar-refractivity contribution is 5.31. The summed E-state index contributed by atoms with van der Waals surface area (Å²) in [6.45, 7) is 0. The van der Waals surface area contributed by atoms with Crippen molar-refractivity contribution in [2.75, 3.05) is 7.11 Å². The number of hydrogen-bond donors (Lipinski definition) is 1. The zero-order valence-electron chi connectivity index (χ0n) is 9.45. The van der Waals surface area contributed by atoms with Crippen molar-refractivity contribution in [2.24, 2.45) is 0 Å². The van der Waals surface area contributed by atoms with E-state index in [0.29, 0.717) is 0 Å². The third kappa shape index (κ3) is 2.35. The minimum atomic E-state index is -0.319. The van der Waals surface area contributed by atoms with Crippen LogP contribution in [0.3, 0.4) is 0 Å². The second kappa shape index (κ2) is 4.83. The topological polar surface area (TPSA) is 29.5 Å². The molecule has 0 aromatic heterocycles. The Bertz CT molecular complexity index is 365. The molecule has 1 aromatic rings. The summed E-state index contributed by atoms with van der Waals surface area (Å²) < 4.78 is 18.4. The molecule has 3 heteroatoms. The van der Waals surface area contributed by atoms with Crippen molar-refractivity contribution in [3.8, 4) is 5.75 Å². The number of aliphatic hydroxyl groups is 1. The molecule has 2 rings (SSSR count). The molecular formula is C13H17FO2. The van der Waals surface area contributed by atoms with Gasteiger partial charge in [0.2, 0.25) is 0 Å². The number of aliphatic hydroxyl groups excluding tert-OH is 1. The molecule has 0 radical (unpaired) electrons. The predicted octanol–water partition coefficient (Wildman–Crippen LogP) is 2.85. The molecule has 1 aliphatic carbocycles. The molecule has 2 atom stereocenters. The van der Waals surface area contributed by atoms with Crippen molar-refractivity contribution in [1.82, 2.24) is 0 Å². The minimum Gasteiger partial charge on any atom is -0.494 e. The Hall–Kier alpha value is -1.09. The van der Waals surface area contributed by atoms with Crippen LogP contribution in [0.5, 0.6) is 5.75 Å². The Kier molecular flexibility index (Phi) is 3.44. The summed E-state index contributed by atoms with van der Waals surface area (Å²) in [5, 5.41) is 9.59. The molecule has 88 valence electrons. The summed E-state index contributed by atoms with van der Waals surface area (Å²) >= 11 is 0. The smallest absolute Gasteiger partial charge is 0.165 e. The van der Waals surface area contributed by atoms with Crippen LogP contribution < -0.4 is 4.74 Å². The van der Waals surface area contributed by atoms with Crippen molar-refractivity contribution in [1.29, 1.82) is 0 Å². The predicted molar refractivity (Wildman–Crippen MR) is 60.2 cm³/mol. The van der Waals surface area contributed by atoms with Crippen LogP contribution in [-0.2, 0) is 0 Å². The Balaban J connectivity index is 2.17. The maximum Gasteiger partial charge on any atom is 0.165 e. The van der Waals surface area contributed by atoms with Gasteiger partial charge in [-0.15, -0.1) is 0 Å². The molecule has 0 heterocycles. The van der Waals surface area contributed by atoms with Crippen LogP contribution in [0.25, 0.3) is 0 Å². The Morgan fingerprint density at radius 3 is 2.81 bits per heavy atom.